The summed E-state index contributed by atoms with van der Waals surface area (Å²) in [6, 6.07) is 4.80. The minimum atomic E-state index is -0.171. The van der Waals surface area contributed by atoms with Crippen molar-refractivity contribution in [3.63, 3.8) is 0 Å². The molecule has 3 aromatic rings. The summed E-state index contributed by atoms with van der Waals surface area (Å²) in [6.07, 6.45) is 0.605. The SMILES string of the molecule is Cc1sc2nc(CCC(=O)N3CCN(C(=O)c4ccc(Cl)cc4Cl)CC3)[nH]c(=O)c2c1C. The highest BCUT2D eigenvalue weighted by molar-refractivity contribution is 7.18. The Morgan fingerprint density at radius 1 is 1.12 bits per heavy atom. The third-order valence-corrected chi connectivity index (χ3v) is 7.39. The van der Waals surface area contributed by atoms with Crippen LogP contribution in [0.2, 0.25) is 10.0 Å². The number of nitrogens with one attached hydrogen (secondary N) is 1. The molecule has 0 unspecified atom stereocenters. The van der Waals surface area contributed by atoms with Crippen molar-refractivity contribution in [3.8, 4) is 0 Å². The van der Waals surface area contributed by atoms with Crippen molar-refractivity contribution in [1.82, 2.24) is 19.8 Å². The molecule has 0 saturated carbocycles. The maximum atomic E-state index is 12.7. The fourth-order valence-electron chi connectivity index (χ4n) is 3.79. The van der Waals surface area contributed by atoms with E-state index in [-0.39, 0.29) is 23.8 Å². The topological polar surface area (TPSA) is 86.4 Å². The Labute approximate surface area is 199 Å². The van der Waals surface area contributed by atoms with Gasteiger partial charge < -0.3 is 14.8 Å². The molecule has 7 nitrogen and oxygen atoms in total. The first kappa shape index (κ1) is 22.8. The molecule has 0 atom stereocenters. The van der Waals surface area contributed by atoms with Crippen molar-refractivity contribution >= 4 is 56.6 Å². The van der Waals surface area contributed by atoms with Gasteiger partial charge in [0.15, 0.2) is 0 Å². The Balaban J connectivity index is 1.34. The summed E-state index contributed by atoms with van der Waals surface area (Å²) in [7, 11) is 0. The minimum absolute atomic E-state index is 0.0251. The number of hydrogen-bond donors (Lipinski definition) is 1. The van der Waals surface area contributed by atoms with Crippen molar-refractivity contribution in [1.29, 1.82) is 0 Å². The van der Waals surface area contributed by atoms with Gasteiger partial charge in [0.1, 0.15) is 10.7 Å². The van der Waals surface area contributed by atoms with Crippen molar-refractivity contribution in [3.05, 3.63) is 60.4 Å². The predicted molar refractivity (Wildman–Crippen MR) is 127 cm³/mol. The highest BCUT2D eigenvalue weighted by atomic mass is 35.5. The Hall–Kier alpha value is -2.42. The van der Waals surface area contributed by atoms with Crippen LogP contribution in [0.1, 0.15) is 33.0 Å². The third-order valence-electron chi connectivity index (χ3n) is 5.74. The van der Waals surface area contributed by atoms with Crippen molar-refractivity contribution in [2.45, 2.75) is 26.7 Å². The smallest absolute Gasteiger partial charge is 0.259 e. The molecule has 1 aromatic carbocycles. The lowest BCUT2D eigenvalue weighted by Gasteiger charge is -2.35. The Kier molecular flexibility index (Phi) is 6.55. The maximum absolute atomic E-state index is 12.7. The van der Waals surface area contributed by atoms with Gasteiger partial charge in [-0.15, -0.1) is 11.3 Å². The number of fused-ring (bicyclic) bond motifs is 1. The van der Waals surface area contributed by atoms with Crippen LogP contribution in [0.5, 0.6) is 0 Å². The second-order valence-corrected chi connectivity index (χ2v) is 9.82. The minimum Gasteiger partial charge on any atom is -0.339 e. The van der Waals surface area contributed by atoms with Crippen LogP contribution in [0, 0.1) is 13.8 Å². The summed E-state index contributed by atoms with van der Waals surface area (Å²) in [5.41, 5.74) is 1.20. The number of rotatable bonds is 4. The van der Waals surface area contributed by atoms with Crippen LogP contribution in [0.15, 0.2) is 23.0 Å². The number of amides is 2. The predicted octanol–water partition coefficient (Wildman–Crippen LogP) is 3.83. The first-order valence-corrected chi connectivity index (χ1v) is 11.8. The first-order valence-electron chi connectivity index (χ1n) is 10.3. The van der Waals surface area contributed by atoms with Crippen molar-refractivity contribution in [2.24, 2.45) is 0 Å². The van der Waals surface area contributed by atoms with Gasteiger partial charge in [-0.2, -0.15) is 0 Å². The van der Waals surface area contributed by atoms with Crippen LogP contribution in [0.4, 0.5) is 0 Å². The molecular weight excluding hydrogens is 471 g/mol. The number of H-pyrrole nitrogens is 1. The second-order valence-electron chi connectivity index (χ2n) is 7.77. The fraction of sp³-hybridized carbons (Fsp3) is 0.364. The molecule has 0 aliphatic carbocycles. The number of carbonyl (C=O) groups excluding carboxylic acids is 2. The molecule has 3 heterocycles. The zero-order valence-electron chi connectivity index (χ0n) is 17.7. The van der Waals surface area contributed by atoms with E-state index < -0.39 is 0 Å². The van der Waals surface area contributed by atoms with Crippen LogP contribution in [0.3, 0.4) is 0 Å². The number of thiophene rings is 1. The van der Waals surface area contributed by atoms with Crippen LogP contribution in [-0.2, 0) is 11.2 Å². The van der Waals surface area contributed by atoms with E-state index in [0.717, 1.165) is 10.4 Å². The molecule has 0 radical (unpaired) electrons. The number of benzene rings is 1. The number of piperazine rings is 1. The molecular formula is C22H22Cl2N4O3S. The molecule has 2 amide bonds. The highest BCUT2D eigenvalue weighted by Crippen LogP contribution is 2.26. The molecule has 1 saturated heterocycles. The molecule has 2 aromatic heterocycles. The molecule has 0 bridgehead atoms. The summed E-state index contributed by atoms with van der Waals surface area (Å²) in [5.74, 6) is 0.321. The van der Waals surface area contributed by atoms with Gasteiger partial charge >= 0.3 is 0 Å². The van der Waals surface area contributed by atoms with Gasteiger partial charge in [-0.25, -0.2) is 4.98 Å². The van der Waals surface area contributed by atoms with E-state index >= 15 is 0 Å². The van der Waals surface area contributed by atoms with E-state index in [9.17, 15) is 14.4 Å². The Morgan fingerprint density at radius 3 is 2.50 bits per heavy atom. The van der Waals surface area contributed by atoms with Crippen molar-refractivity contribution in [2.75, 3.05) is 26.2 Å². The summed E-state index contributed by atoms with van der Waals surface area (Å²) in [5, 5.41) is 1.42. The summed E-state index contributed by atoms with van der Waals surface area (Å²) >= 11 is 13.5. The zero-order chi connectivity index (χ0) is 23.0. The van der Waals surface area contributed by atoms with Crippen LogP contribution >= 0.6 is 34.5 Å². The van der Waals surface area contributed by atoms with Crippen LogP contribution in [0.25, 0.3) is 10.2 Å². The van der Waals surface area contributed by atoms with E-state index in [4.69, 9.17) is 23.2 Å². The average molecular weight is 493 g/mol. The van der Waals surface area contributed by atoms with E-state index in [1.165, 1.54) is 11.3 Å². The lowest BCUT2D eigenvalue weighted by Crippen LogP contribution is -2.50. The monoisotopic (exact) mass is 492 g/mol. The highest BCUT2D eigenvalue weighted by Gasteiger charge is 2.26. The fourth-order valence-corrected chi connectivity index (χ4v) is 5.33. The van der Waals surface area contributed by atoms with Gasteiger partial charge in [-0.05, 0) is 37.6 Å². The number of aromatic amines is 1. The number of hydrogen-bond acceptors (Lipinski definition) is 5. The largest absolute Gasteiger partial charge is 0.339 e. The molecule has 0 spiro atoms. The molecule has 168 valence electrons. The lowest BCUT2D eigenvalue weighted by atomic mass is 10.1. The average Bonchev–Trinajstić information content (AvgIpc) is 3.05. The van der Waals surface area contributed by atoms with Gasteiger partial charge in [0.2, 0.25) is 5.91 Å². The number of carbonyl (C=O) groups is 2. The molecule has 1 aliphatic rings. The van der Waals surface area contributed by atoms with E-state index in [2.05, 4.69) is 9.97 Å². The van der Waals surface area contributed by atoms with E-state index in [0.29, 0.717) is 64.2 Å². The zero-order valence-corrected chi connectivity index (χ0v) is 20.0. The summed E-state index contributed by atoms with van der Waals surface area (Å²) in [4.78, 5) is 50.4. The normalized spacial score (nSPS) is 14.2. The molecule has 1 fully saturated rings. The van der Waals surface area contributed by atoms with E-state index in [1.807, 2.05) is 13.8 Å². The van der Waals surface area contributed by atoms with Gasteiger partial charge in [-0.3, -0.25) is 14.4 Å². The quantitative estimate of drug-likeness (QED) is 0.599. The second kappa shape index (κ2) is 9.21. The van der Waals surface area contributed by atoms with Crippen LogP contribution < -0.4 is 5.56 Å². The Morgan fingerprint density at radius 2 is 1.81 bits per heavy atom. The standard InChI is InChI=1S/C22H22Cl2N4O3S/c1-12-13(2)32-21-19(12)20(30)25-17(26-21)5-6-18(29)27-7-9-28(10-8-27)22(31)15-4-3-14(23)11-16(15)24/h3-4,11H,5-10H2,1-2H3,(H,25,26,30). The molecule has 10 heteroatoms. The summed E-state index contributed by atoms with van der Waals surface area (Å²) in [6.45, 7) is 5.63. The van der Waals surface area contributed by atoms with Gasteiger partial charge in [0.05, 0.1) is 16.0 Å². The molecule has 32 heavy (non-hydrogen) atoms. The van der Waals surface area contributed by atoms with Gasteiger partial charge in [0, 0.05) is 48.9 Å². The summed E-state index contributed by atoms with van der Waals surface area (Å²) < 4.78 is 0. The van der Waals surface area contributed by atoms with E-state index in [1.54, 1.807) is 28.0 Å². The Bertz CT molecular complexity index is 1260. The van der Waals surface area contributed by atoms with Crippen molar-refractivity contribution < 1.29 is 9.59 Å². The number of aromatic nitrogens is 2. The maximum Gasteiger partial charge on any atom is 0.259 e. The number of halogens is 2. The van der Waals surface area contributed by atoms with Gasteiger partial charge in [0.25, 0.3) is 11.5 Å². The number of aryl methyl sites for hydroxylation is 3. The number of nitrogens with zero attached hydrogens (tertiary/aromatic N) is 3. The van der Waals surface area contributed by atoms with Gasteiger partial charge in [-0.1, -0.05) is 23.2 Å². The van der Waals surface area contributed by atoms with Crippen LogP contribution in [-0.4, -0.2) is 57.8 Å². The molecule has 1 aliphatic heterocycles. The molecule has 1 N–H and O–H groups in total. The lowest BCUT2D eigenvalue weighted by molar-refractivity contribution is -0.132. The first-order chi connectivity index (χ1) is 15.2. The molecule has 4 rings (SSSR count). The third kappa shape index (κ3) is 4.53.